The van der Waals surface area contributed by atoms with Crippen LogP contribution in [0.1, 0.15) is 45.1 Å². The van der Waals surface area contributed by atoms with E-state index in [1.54, 1.807) is 0 Å². The third-order valence-electron chi connectivity index (χ3n) is 4.17. The van der Waals surface area contributed by atoms with Crippen LogP contribution in [0.25, 0.3) is 0 Å². The Bertz CT molecular complexity index is 597. The first-order chi connectivity index (χ1) is 12.6. The molecule has 0 unspecified atom stereocenters. The van der Waals surface area contributed by atoms with Gasteiger partial charge in [0.25, 0.3) is 0 Å². The summed E-state index contributed by atoms with van der Waals surface area (Å²) in [4.78, 5) is 16.1. The van der Waals surface area contributed by atoms with Crippen LogP contribution in [0, 0.1) is 5.92 Å². The van der Waals surface area contributed by atoms with E-state index in [9.17, 15) is 4.79 Å². The Hall–Kier alpha value is -2.24. The molecule has 0 heterocycles. The number of para-hydroxylation sites is 1. The van der Waals surface area contributed by atoms with E-state index in [1.165, 1.54) is 5.56 Å². The van der Waals surface area contributed by atoms with Gasteiger partial charge in [-0.15, -0.1) is 0 Å². The number of benzene rings is 1. The van der Waals surface area contributed by atoms with E-state index in [2.05, 4.69) is 40.9 Å². The minimum absolute atomic E-state index is 0.162. The van der Waals surface area contributed by atoms with Crippen molar-refractivity contribution in [1.82, 2.24) is 16.0 Å². The molecule has 26 heavy (non-hydrogen) atoms. The zero-order valence-electron chi connectivity index (χ0n) is 16.2. The summed E-state index contributed by atoms with van der Waals surface area (Å²) >= 11 is 0. The summed E-state index contributed by atoms with van der Waals surface area (Å²) in [5.74, 6) is 2.53. The molecule has 1 amide bonds. The second-order valence-corrected chi connectivity index (χ2v) is 6.79. The SMILES string of the molecule is CCNC(=NCCNC(=O)C1CC1)NCCOc1ccccc1C(C)C. The first-order valence-corrected chi connectivity index (χ1v) is 9.63. The molecule has 0 aliphatic heterocycles. The number of aliphatic imine (C=N–C) groups is 1. The number of nitrogens with one attached hydrogen (secondary N) is 3. The smallest absolute Gasteiger partial charge is 0.223 e. The molecule has 0 saturated heterocycles. The van der Waals surface area contributed by atoms with E-state index in [0.717, 1.165) is 31.1 Å². The van der Waals surface area contributed by atoms with Crippen molar-refractivity contribution in [3.05, 3.63) is 29.8 Å². The molecule has 6 nitrogen and oxygen atoms in total. The van der Waals surface area contributed by atoms with Gasteiger partial charge >= 0.3 is 0 Å². The van der Waals surface area contributed by atoms with Crippen molar-refractivity contribution in [2.45, 2.75) is 39.5 Å². The first-order valence-electron chi connectivity index (χ1n) is 9.63. The third kappa shape index (κ3) is 6.94. The molecule has 6 heteroatoms. The maximum absolute atomic E-state index is 11.6. The second-order valence-electron chi connectivity index (χ2n) is 6.79. The summed E-state index contributed by atoms with van der Waals surface area (Å²) in [5, 5.41) is 9.39. The predicted molar refractivity (Wildman–Crippen MR) is 106 cm³/mol. The summed E-state index contributed by atoms with van der Waals surface area (Å²) < 4.78 is 5.92. The van der Waals surface area contributed by atoms with Gasteiger partial charge in [0.05, 0.1) is 13.1 Å². The van der Waals surface area contributed by atoms with Gasteiger partial charge in [-0.2, -0.15) is 0 Å². The van der Waals surface area contributed by atoms with Gasteiger partial charge in [-0.25, -0.2) is 0 Å². The fraction of sp³-hybridized carbons (Fsp3) is 0.600. The summed E-state index contributed by atoms with van der Waals surface area (Å²) in [7, 11) is 0. The number of hydrogen-bond acceptors (Lipinski definition) is 3. The van der Waals surface area contributed by atoms with E-state index >= 15 is 0 Å². The number of carbonyl (C=O) groups excluding carboxylic acids is 1. The Morgan fingerprint density at radius 1 is 1.19 bits per heavy atom. The monoisotopic (exact) mass is 360 g/mol. The quantitative estimate of drug-likeness (QED) is 0.340. The van der Waals surface area contributed by atoms with Gasteiger partial charge in [0.1, 0.15) is 12.4 Å². The van der Waals surface area contributed by atoms with E-state index in [1.807, 2.05) is 25.1 Å². The van der Waals surface area contributed by atoms with Gasteiger partial charge in [0.15, 0.2) is 5.96 Å². The largest absolute Gasteiger partial charge is 0.491 e. The van der Waals surface area contributed by atoms with Crippen molar-refractivity contribution in [1.29, 1.82) is 0 Å². The van der Waals surface area contributed by atoms with Crippen LogP contribution in [0.15, 0.2) is 29.3 Å². The number of nitrogens with zero attached hydrogens (tertiary/aromatic N) is 1. The fourth-order valence-corrected chi connectivity index (χ4v) is 2.60. The predicted octanol–water partition coefficient (Wildman–Crippen LogP) is 2.27. The Balaban J connectivity index is 1.70. The maximum atomic E-state index is 11.6. The molecule has 1 saturated carbocycles. The number of guanidine groups is 1. The molecule has 0 bridgehead atoms. The van der Waals surface area contributed by atoms with Gasteiger partial charge < -0.3 is 20.7 Å². The number of ether oxygens (including phenoxy) is 1. The zero-order chi connectivity index (χ0) is 18.8. The van der Waals surface area contributed by atoms with Crippen LogP contribution in [0.3, 0.4) is 0 Å². The number of rotatable bonds is 10. The lowest BCUT2D eigenvalue weighted by Crippen LogP contribution is -2.40. The van der Waals surface area contributed by atoms with E-state index in [4.69, 9.17) is 4.74 Å². The Morgan fingerprint density at radius 2 is 1.96 bits per heavy atom. The molecule has 1 aromatic carbocycles. The molecule has 1 fully saturated rings. The van der Waals surface area contributed by atoms with E-state index in [-0.39, 0.29) is 11.8 Å². The standard InChI is InChI=1S/C20H32N4O2/c1-4-21-20(23-12-11-22-19(25)16-9-10-16)24-13-14-26-18-8-6-5-7-17(18)15(2)3/h5-8,15-16H,4,9-14H2,1-3H3,(H,22,25)(H2,21,23,24). The van der Waals surface area contributed by atoms with Crippen LogP contribution in [0.4, 0.5) is 0 Å². The van der Waals surface area contributed by atoms with Gasteiger partial charge in [-0.1, -0.05) is 32.0 Å². The zero-order valence-corrected chi connectivity index (χ0v) is 16.2. The Morgan fingerprint density at radius 3 is 2.65 bits per heavy atom. The summed E-state index contributed by atoms with van der Waals surface area (Å²) in [6.45, 7) is 9.50. The average Bonchev–Trinajstić information content (AvgIpc) is 3.47. The number of hydrogen-bond donors (Lipinski definition) is 3. The fourth-order valence-electron chi connectivity index (χ4n) is 2.60. The molecule has 1 aliphatic rings. The molecular weight excluding hydrogens is 328 g/mol. The molecule has 144 valence electrons. The van der Waals surface area contributed by atoms with Crippen LogP contribution in [-0.4, -0.2) is 44.7 Å². The van der Waals surface area contributed by atoms with E-state index in [0.29, 0.717) is 32.2 Å². The number of amides is 1. The van der Waals surface area contributed by atoms with Crippen molar-refractivity contribution in [2.24, 2.45) is 10.9 Å². The molecular formula is C20H32N4O2. The maximum Gasteiger partial charge on any atom is 0.223 e. The van der Waals surface area contributed by atoms with Crippen molar-refractivity contribution in [3.8, 4) is 5.75 Å². The number of carbonyl (C=O) groups is 1. The highest BCUT2D eigenvalue weighted by Gasteiger charge is 2.28. The van der Waals surface area contributed by atoms with Crippen molar-refractivity contribution >= 4 is 11.9 Å². The third-order valence-corrected chi connectivity index (χ3v) is 4.17. The molecule has 3 N–H and O–H groups in total. The molecule has 1 aromatic rings. The van der Waals surface area contributed by atoms with Crippen LogP contribution < -0.4 is 20.7 Å². The molecule has 0 aromatic heterocycles. The van der Waals surface area contributed by atoms with Crippen LogP contribution in [0.5, 0.6) is 5.75 Å². The van der Waals surface area contributed by atoms with Gasteiger partial charge in [-0.05, 0) is 37.3 Å². The highest BCUT2D eigenvalue weighted by atomic mass is 16.5. The second kappa shape index (κ2) is 10.7. The topological polar surface area (TPSA) is 74.8 Å². The van der Waals surface area contributed by atoms with Gasteiger partial charge in [0.2, 0.25) is 5.91 Å². The molecule has 1 aliphatic carbocycles. The summed E-state index contributed by atoms with van der Waals surface area (Å²) in [6, 6.07) is 8.15. The van der Waals surface area contributed by atoms with Gasteiger partial charge in [-0.3, -0.25) is 9.79 Å². The lowest BCUT2D eigenvalue weighted by atomic mass is 10.0. The average molecular weight is 361 g/mol. The Labute approximate surface area is 156 Å². The van der Waals surface area contributed by atoms with Gasteiger partial charge in [0, 0.05) is 19.0 Å². The molecule has 0 radical (unpaired) electrons. The Kier molecular flexibility index (Phi) is 8.25. The summed E-state index contributed by atoms with van der Waals surface area (Å²) in [6.07, 6.45) is 2.05. The first kappa shape index (κ1) is 20.1. The van der Waals surface area contributed by atoms with E-state index < -0.39 is 0 Å². The van der Waals surface area contributed by atoms with Crippen molar-refractivity contribution in [3.63, 3.8) is 0 Å². The highest BCUT2D eigenvalue weighted by Crippen LogP contribution is 2.28. The molecule has 0 atom stereocenters. The van der Waals surface area contributed by atoms with Crippen molar-refractivity contribution < 1.29 is 9.53 Å². The van der Waals surface area contributed by atoms with Crippen molar-refractivity contribution in [2.75, 3.05) is 32.8 Å². The minimum atomic E-state index is 0.162. The summed E-state index contributed by atoms with van der Waals surface area (Å²) in [5.41, 5.74) is 1.22. The molecule has 2 rings (SSSR count). The lowest BCUT2D eigenvalue weighted by molar-refractivity contribution is -0.122. The van der Waals surface area contributed by atoms with Crippen LogP contribution in [-0.2, 0) is 4.79 Å². The lowest BCUT2D eigenvalue weighted by Gasteiger charge is -2.15. The normalized spacial score (nSPS) is 14.2. The minimum Gasteiger partial charge on any atom is -0.491 e. The molecule has 0 spiro atoms. The van der Waals surface area contributed by atoms with Crippen LogP contribution >= 0.6 is 0 Å². The highest BCUT2D eigenvalue weighted by molar-refractivity contribution is 5.81. The van der Waals surface area contributed by atoms with Crippen LogP contribution in [0.2, 0.25) is 0 Å².